The van der Waals surface area contributed by atoms with Crippen LogP contribution in [0.5, 0.6) is 0 Å². The highest BCUT2D eigenvalue weighted by Crippen LogP contribution is 2.36. The Kier molecular flexibility index (Phi) is 5.49. The third-order valence-electron chi connectivity index (χ3n) is 3.84. The number of hydrogen-bond acceptors (Lipinski definition) is 5. The van der Waals surface area contributed by atoms with Crippen LogP contribution < -0.4 is 5.32 Å². The highest BCUT2D eigenvalue weighted by atomic mass is 35.5. The molecule has 0 amide bonds. The Balaban J connectivity index is 2.09. The average molecular weight is 391 g/mol. The highest BCUT2D eigenvalue weighted by Gasteiger charge is 2.29. The molecule has 2 aromatic rings. The fourth-order valence-corrected chi connectivity index (χ4v) is 3.05. The Morgan fingerprint density at radius 2 is 1.92 bits per heavy atom. The van der Waals surface area contributed by atoms with Crippen molar-refractivity contribution in [1.82, 2.24) is 5.32 Å². The van der Waals surface area contributed by atoms with E-state index in [1.54, 1.807) is 25.1 Å². The number of carbonyl (C=O) groups excluding carboxylic acids is 1. The molecule has 0 saturated heterocycles. The number of aliphatic imine (C=N–C) groups is 1. The van der Waals surface area contributed by atoms with Crippen LogP contribution in [0.2, 0.25) is 10.0 Å². The van der Waals surface area contributed by atoms with E-state index in [-0.39, 0.29) is 0 Å². The number of carbonyl (C=O) groups is 1. The fourth-order valence-electron chi connectivity index (χ4n) is 2.62. The Bertz CT molecular complexity index is 909. The van der Waals surface area contributed by atoms with Gasteiger partial charge in [0.15, 0.2) is 5.76 Å². The van der Waals surface area contributed by atoms with Gasteiger partial charge in [-0.05, 0) is 25.1 Å². The van der Waals surface area contributed by atoms with Crippen LogP contribution in [-0.2, 0) is 9.47 Å². The summed E-state index contributed by atoms with van der Waals surface area (Å²) in [7, 11) is 1.25. The first-order chi connectivity index (χ1) is 12.5. The summed E-state index contributed by atoms with van der Waals surface area (Å²) in [6.07, 6.45) is -0.820. The van der Waals surface area contributed by atoms with Crippen molar-refractivity contribution in [2.75, 3.05) is 7.11 Å². The minimum absolute atomic E-state index is 0.329. The van der Waals surface area contributed by atoms with Gasteiger partial charge in [-0.3, -0.25) is 4.99 Å². The van der Waals surface area contributed by atoms with Crippen molar-refractivity contribution < 1.29 is 14.3 Å². The predicted octanol–water partition coefficient (Wildman–Crippen LogP) is 5.10. The van der Waals surface area contributed by atoms with E-state index in [0.29, 0.717) is 32.9 Å². The third kappa shape index (κ3) is 3.84. The molecule has 0 aliphatic carbocycles. The molecule has 1 heterocycles. The molecule has 2 aromatic carbocycles. The van der Waals surface area contributed by atoms with Crippen molar-refractivity contribution in [2.24, 2.45) is 4.99 Å². The van der Waals surface area contributed by atoms with Gasteiger partial charge in [-0.1, -0.05) is 53.5 Å². The van der Waals surface area contributed by atoms with Crippen molar-refractivity contribution in [3.05, 3.63) is 81.2 Å². The summed E-state index contributed by atoms with van der Waals surface area (Å²) in [5.74, 6) is 0.933. The average Bonchev–Trinajstić information content (AvgIpc) is 2.63. The molecule has 1 aliphatic heterocycles. The summed E-state index contributed by atoms with van der Waals surface area (Å²) in [4.78, 5) is 16.4. The van der Waals surface area contributed by atoms with Crippen molar-refractivity contribution in [1.29, 1.82) is 0 Å². The van der Waals surface area contributed by atoms with Crippen LogP contribution in [0.25, 0.3) is 0 Å². The lowest BCUT2D eigenvalue weighted by Gasteiger charge is -2.26. The SMILES string of the molecule is COC(=O)OC1=C(C)NC(c2cccc(Cl)c2)=NC1c1ccccc1Cl. The number of nitrogens with zero attached hydrogens (tertiary/aromatic N) is 1. The van der Waals surface area contributed by atoms with Crippen molar-refractivity contribution in [3.63, 3.8) is 0 Å². The molecule has 1 N–H and O–H groups in total. The molecule has 26 heavy (non-hydrogen) atoms. The summed E-state index contributed by atoms with van der Waals surface area (Å²) >= 11 is 12.4. The summed E-state index contributed by atoms with van der Waals surface area (Å²) in [6.45, 7) is 1.79. The summed E-state index contributed by atoms with van der Waals surface area (Å²) in [5.41, 5.74) is 2.16. The maximum absolute atomic E-state index is 11.7. The van der Waals surface area contributed by atoms with Gasteiger partial charge < -0.3 is 14.8 Å². The van der Waals surface area contributed by atoms with Gasteiger partial charge in [0.2, 0.25) is 0 Å². The number of methoxy groups -OCH3 is 1. The molecular formula is C19H16Cl2N2O3. The first-order valence-electron chi connectivity index (χ1n) is 7.81. The topological polar surface area (TPSA) is 59.9 Å². The minimum Gasteiger partial charge on any atom is -0.437 e. The van der Waals surface area contributed by atoms with E-state index in [0.717, 1.165) is 5.56 Å². The molecule has 1 aliphatic rings. The molecule has 5 nitrogen and oxygen atoms in total. The normalized spacial score (nSPS) is 16.6. The second-order valence-electron chi connectivity index (χ2n) is 5.58. The van der Waals surface area contributed by atoms with Gasteiger partial charge in [-0.2, -0.15) is 0 Å². The number of halogens is 2. The second kappa shape index (κ2) is 7.81. The molecule has 134 valence electrons. The van der Waals surface area contributed by atoms with Crippen LogP contribution in [0.3, 0.4) is 0 Å². The molecule has 1 atom stereocenters. The maximum atomic E-state index is 11.7. The van der Waals surface area contributed by atoms with Gasteiger partial charge in [0.1, 0.15) is 11.9 Å². The summed E-state index contributed by atoms with van der Waals surface area (Å²) in [6, 6.07) is 14.0. The van der Waals surface area contributed by atoms with E-state index in [2.05, 4.69) is 10.1 Å². The summed E-state index contributed by atoms with van der Waals surface area (Å²) in [5, 5.41) is 4.27. The zero-order valence-corrected chi connectivity index (χ0v) is 15.6. The predicted molar refractivity (Wildman–Crippen MR) is 102 cm³/mol. The zero-order chi connectivity index (χ0) is 18.7. The Morgan fingerprint density at radius 3 is 2.62 bits per heavy atom. The molecule has 0 bridgehead atoms. The number of rotatable bonds is 3. The van der Waals surface area contributed by atoms with Gasteiger partial charge in [0.25, 0.3) is 0 Å². The number of benzene rings is 2. The van der Waals surface area contributed by atoms with E-state index in [1.807, 2.05) is 30.3 Å². The monoisotopic (exact) mass is 390 g/mol. The standard InChI is InChI=1S/C19H16Cl2N2O3/c1-11-17(26-19(24)25-2)16(14-8-3-4-9-15(14)21)23-18(22-11)12-6-5-7-13(20)10-12/h3-10,16H,1-2H3,(H,22,23). The highest BCUT2D eigenvalue weighted by molar-refractivity contribution is 6.31. The molecule has 1 unspecified atom stereocenters. The Morgan fingerprint density at radius 1 is 1.15 bits per heavy atom. The lowest BCUT2D eigenvalue weighted by molar-refractivity contribution is 0.0913. The van der Waals surface area contributed by atoms with Gasteiger partial charge in [0.05, 0.1) is 12.8 Å². The molecule has 0 aromatic heterocycles. The molecule has 3 rings (SSSR count). The van der Waals surface area contributed by atoms with E-state index in [9.17, 15) is 4.79 Å². The van der Waals surface area contributed by atoms with E-state index in [4.69, 9.17) is 32.9 Å². The van der Waals surface area contributed by atoms with E-state index < -0.39 is 12.2 Å². The lowest BCUT2D eigenvalue weighted by atomic mass is 10.0. The van der Waals surface area contributed by atoms with Crippen LogP contribution in [0.1, 0.15) is 24.1 Å². The number of ether oxygens (including phenoxy) is 2. The van der Waals surface area contributed by atoms with E-state index >= 15 is 0 Å². The maximum Gasteiger partial charge on any atom is 0.513 e. The molecule has 0 saturated carbocycles. The molecule has 0 spiro atoms. The fraction of sp³-hybridized carbons (Fsp3) is 0.158. The van der Waals surface area contributed by atoms with Gasteiger partial charge in [0, 0.05) is 21.2 Å². The van der Waals surface area contributed by atoms with Gasteiger partial charge in [-0.15, -0.1) is 0 Å². The molecule has 7 heteroatoms. The lowest BCUT2D eigenvalue weighted by Crippen LogP contribution is -2.31. The molecule has 0 radical (unpaired) electrons. The van der Waals surface area contributed by atoms with Crippen LogP contribution >= 0.6 is 23.2 Å². The third-order valence-corrected chi connectivity index (χ3v) is 4.42. The second-order valence-corrected chi connectivity index (χ2v) is 6.43. The number of nitrogens with one attached hydrogen (secondary N) is 1. The quantitative estimate of drug-likeness (QED) is 0.740. The van der Waals surface area contributed by atoms with Crippen LogP contribution in [0.4, 0.5) is 4.79 Å². The van der Waals surface area contributed by atoms with Crippen LogP contribution in [-0.4, -0.2) is 19.1 Å². The smallest absolute Gasteiger partial charge is 0.437 e. The van der Waals surface area contributed by atoms with E-state index in [1.165, 1.54) is 7.11 Å². The molecular weight excluding hydrogens is 375 g/mol. The first kappa shape index (κ1) is 18.3. The van der Waals surface area contributed by atoms with Gasteiger partial charge in [-0.25, -0.2) is 4.79 Å². The number of hydrogen-bond donors (Lipinski definition) is 1. The minimum atomic E-state index is -0.820. The van der Waals surface area contributed by atoms with Crippen LogP contribution in [0.15, 0.2) is 65.0 Å². The van der Waals surface area contributed by atoms with Crippen molar-refractivity contribution in [2.45, 2.75) is 13.0 Å². The summed E-state index contributed by atoms with van der Waals surface area (Å²) < 4.78 is 9.97. The van der Waals surface area contributed by atoms with Crippen molar-refractivity contribution in [3.8, 4) is 0 Å². The Labute approximate surface area is 161 Å². The van der Waals surface area contributed by atoms with Gasteiger partial charge >= 0.3 is 6.16 Å². The molecule has 0 fully saturated rings. The van der Waals surface area contributed by atoms with Crippen molar-refractivity contribution >= 4 is 35.2 Å². The number of amidine groups is 1. The first-order valence-corrected chi connectivity index (χ1v) is 8.57. The zero-order valence-electron chi connectivity index (χ0n) is 14.1. The largest absolute Gasteiger partial charge is 0.513 e. The Hall–Kier alpha value is -2.50. The van der Waals surface area contributed by atoms with Crippen LogP contribution in [0, 0.1) is 0 Å². The number of allylic oxidation sites excluding steroid dienone is 1.